The monoisotopic (exact) mass is 668 g/mol. The van der Waals surface area contributed by atoms with Gasteiger partial charge in [0.25, 0.3) is 0 Å². The van der Waals surface area contributed by atoms with Crippen LogP contribution in [0.1, 0.15) is 0 Å². The molecular weight excluding hydrogens is 641 g/mol. The molecular formula is C48H28O2S. The quantitative estimate of drug-likeness (QED) is 0.187. The molecule has 0 radical (unpaired) electrons. The maximum atomic E-state index is 6.94. The highest BCUT2D eigenvalue weighted by Gasteiger charge is 2.21. The van der Waals surface area contributed by atoms with E-state index in [2.05, 4.69) is 170 Å². The van der Waals surface area contributed by atoms with Crippen molar-refractivity contribution in [2.75, 3.05) is 0 Å². The van der Waals surface area contributed by atoms with Gasteiger partial charge >= 0.3 is 0 Å². The lowest BCUT2D eigenvalue weighted by atomic mass is 9.94. The zero-order valence-corrected chi connectivity index (χ0v) is 28.2. The zero-order chi connectivity index (χ0) is 33.5. The molecule has 0 aliphatic carbocycles. The number of fused-ring (bicyclic) bond motifs is 9. The van der Waals surface area contributed by atoms with Crippen LogP contribution < -0.4 is 0 Å². The van der Waals surface area contributed by atoms with Crippen molar-refractivity contribution >= 4 is 75.4 Å². The highest BCUT2D eigenvalue weighted by atomic mass is 32.1. The van der Waals surface area contributed by atoms with E-state index in [-0.39, 0.29) is 0 Å². The Morgan fingerprint density at radius 1 is 0.294 bits per heavy atom. The minimum atomic E-state index is 0.898. The second-order valence-corrected chi connectivity index (χ2v) is 14.2. The van der Waals surface area contributed by atoms with Crippen LogP contribution in [0.5, 0.6) is 0 Å². The Labute approximate surface area is 297 Å². The van der Waals surface area contributed by atoms with Crippen molar-refractivity contribution in [3.05, 3.63) is 170 Å². The second-order valence-electron chi connectivity index (χ2n) is 13.2. The molecule has 0 spiro atoms. The van der Waals surface area contributed by atoms with Crippen molar-refractivity contribution in [2.45, 2.75) is 0 Å². The summed E-state index contributed by atoms with van der Waals surface area (Å²) < 4.78 is 16.4. The Morgan fingerprint density at radius 2 is 0.725 bits per heavy atom. The van der Waals surface area contributed by atoms with E-state index >= 15 is 0 Å². The summed E-state index contributed by atoms with van der Waals surface area (Å²) in [7, 11) is 0. The van der Waals surface area contributed by atoms with E-state index in [1.165, 1.54) is 20.2 Å². The van der Waals surface area contributed by atoms with Crippen LogP contribution in [0, 0.1) is 0 Å². The highest BCUT2D eigenvalue weighted by Crippen LogP contribution is 2.48. The van der Waals surface area contributed by atoms with Crippen molar-refractivity contribution < 1.29 is 8.83 Å². The summed E-state index contributed by atoms with van der Waals surface area (Å²) in [5.74, 6) is 0. The van der Waals surface area contributed by atoms with Crippen molar-refractivity contribution in [1.82, 2.24) is 0 Å². The third kappa shape index (κ3) is 4.29. The lowest BCUT2D eigenvalue weighted by Gasteiger charge is -2.10. The van der Waals surface area contributed by atoms with Gasteiger partial charge in [0.1, 0.15) is 22.3 Å². The number of rotatable bonds is 4. The average molecular weight is 669 g/mol. The molecule has 3 aromatic heterocycles. The molecule has 2 nitrogen and oxygen atoms in total. The zero-order valence-electron chi connectivity index (χ0n) is 27.4. The van der Waals surface area contributed by atoms with Crippen molar-refractivity contribution in [2.24, 2.45) is 0 Å². The molecule has 3 heteroatoms. The Hall–Kier alpha value is -6.42. The van der Waals surface area contributed by atoms with Crippen molar-refractivity contribution in [3.8, 4) is 44.5 Å². The fourth-order valence-corrected chi connectivity index (χ4v) is 9.16. The predicted molar refractivity (Wildman–Crippen MR) is 216 cm³/mol. The summed E-state index contributed by atoms with van der Waals surface area (Å²) in [6.07, 6.45) is 0. The molecule has 0 saturated heterocycles. The largest absolute Gasteiger partial charge is 0.455 e. The Morgan fingerprint density at radius 3 is 1.27 bits per heavy atom. The van der Waals surface area contributed by atoms with Gasteiger partial charge in [-0.3, -0.25) is 0 Å². The molecule has 0 aliphatic heterocycles. The standard InChI is InChI=1S/C48H28O2S/c1-3-13-29(14-4-1)32-18-9-21-36-37-23-11-20-34(46(37)49-44(32)36)31-27-41-35-17-7-8-26-43(35)51-48(41)42(28-31)40-25-12-24-39-38-22-10-19-33(45(38)50-47(39)40)30-15-5-2-6-16-30/h1-28H. The van der Waals surface area contributed by atoms with Crippen LogP contribution in [-0.2, 0) is 0 Å². The third-order valence-electron chi connectivity index (χ3n) is 10.3. The minimum Gasteiger partial charge on any atom is -0.455 e. The normalized spacial score (nSPS) is 11.9. The average Bonchev–Trinajstić information content (AvgIpc) is 3.90. The van der Waals surface area contributed by atoms with E-state index in [1.54, 1.807) is 0 Å². The van der Waals surface area contributed by atoms with E-state index in [1.807, 2.05) is 11.3 Å². The summed E-state index contributed by atoms with van der Waals surface area (Å²) >= 11 is 1.84. The molecule has 0 atom stereocenters. The molecule has 0 bridgehead atoms. The molecule has 0 amide bonds. The summed E-state index contributed by atoms with van der Waals surface area (Å²) in [6.45, 7) is 0. The first-order chi connectivity index (χ1) is 25.3. The minimum absolute atomic E-state index is 0.898. The molecule has 3 heterocycles. The maximum absolute atomic E-state index is 6.94. The molecule has 11 rings (SSSR count). The van der Waals surface area contributed by atoms with Gasteiger partial charge < -0.3 is 8.83 Å². The van der Waals surface area contributed by atoms with Crippen molar-refractivity contribution in [3.63, 3.8) is 0 Å². The summed E-state index contributed by atoms with van der Waals surface area (Å²) in [5, 5.41) is 6.97. The molecule has 51 heavy (non-hydrogen) atoms. The van der Waals surface area contributed by atoms with Crippen LogP contribution in [0.15, 0.2) is 179 Å². The van der Waals surface area contributed by atoms with Gasteiger partial charge in [0.05, 0.1) is 0 Å². The van der Waals surface area contributed by atoms with E-state index in [9.17, 15) is 0 Å². The Bertz CT molecular complexity index is 3130. The van der Waals surface area contributed by atoms with Crippen LogP contribution in [0.4, 0.5) is 0 Å². The van der Waals surface area contributed by atoms with Crippen LogP contribution in [-0.4, -0.2) is 0 Å². The topological polar surface area (TPSA) is 26.3 Å². The predicted octanol–water partition coefficient (Wildman–Crippen LogP) is 14.5. The van der Waals surface area contributed by atoms with Gasteiger partial charge in [0.2, 0.25) is 0 Å². The van der Waals surface area contributed by atoms with Gasteiger partial charge in [0, 0.05) is 69.5 Å². The van der Waals surface area contributed by atoms with E-state index in [0.29, 0.717) is 0 Å². The molecule has 238 valence electrons. The van der Waals surface area contributed by atoms with Gasteiger partial charge in [-0.1, -0.05) is 152 Å². The molecule has 0 fully saturated rings. The highest BCUT2D eigenvalue weighted by molar-refractivity contribution is 7.26. The van der Waals surface area contributed by atoms with Crippen molar-refractivity contribution in [1.29, 1.82) is 0 Å². The number of para-hydroxylation sites is 4. The number of hydrogen-bond acceptors (Lipinski definition) is 3. The van der Waals surface area contributed by atoms with E-state index < -0.39 is 0 Å². The number of furan rings is 2. The number of hydrogen-bond donors (Lipinski definition) is 0. The smallest absolute Gasteiger partial charge is 0.143 e. The maximum Gasteiger partial charge on any atom is 0.143 e. The second kappa shape index (κ2) is 11.0. The number of thiophene rings is 1. The fraction of sp³-hybridized carbons (Fsp3) is 0. The third-order valence-corrected chi connectivity index (χ3v) is 11.5. The van der Waals surface area contributed by atoms with Crippen LogP contribution in [0.3, 0.4) is 0 Å². The van der Waals surface area contributed by atoms with Crippen LogP contribution in [0.2, 0.25) is 0 Å². The molecule has 11 aromatic rings. The fourth-order valence-electron chi connectivity index (χ4n) is 7.95. The Kier molecular flexibility index (Phi) is 6.16. The van der Waals surface area contributed by atoms with Gasteiger partial charge in [-0.2, -0.15) is 0 Å². The molecule has 0 N–H and O–H groups in total. The van der Waals surface area contributed by atoms with Gasteiger partial charge in [0.15, 0.2) is 0 Å². The van der Waals surface area contributed by atoms with E-state index in [0.717, 1.165) is 88.4 Å². The van der Waals surface area contributed by atoms with Crippen LogP contribution >= 0.6 is 11.3 Å². The first-order valence-electron chi connectivity index (χ1n) is 17.3. The number of benzene rings is 8. The van der Waals surface area contributed by atoms with Gasteiger partial charge in [-0.15, -0.1) is 11.3 Å². The summed E-state index contributed by atoms with van der Waals surface area (Å²) in [5.41, 5.74) is 12.6. The molecule has 0 unspecified atom stereocenters. The lowest BCUT2D eigenvalue weighted by Crippen LogP contribution is -1.85. The SMILES string of the molecule is c1ccc(-c2cccc3c2oc2c(-c4cc(-c5cccc6c5oc5c(-c7ccccc7)cccc56)c5sc6ccccc6c5c4)cccc23)cc1. The molecule has 0 saturated carbocycles. The Balaban J connectivity index is 1.20. The molecule has 8 aromatic carbocycles. The van der Waals surface area contributed by atoms with E-state index in [4.69, 9.17) is 8.83 Å². The lowest BCUT2D eigenvalue weighted by molar-refractivity contribution is 0.671. The van der Waals surface area contributed by atoms with Gasteiger partial charge in [-0.05, 0) is 34.9 Å². The van der Waals surface area contributed by atoms with Crippen LogP contribution in [0.25, 0.3) is 109 Å². The summed E-state index contributed by atoms with van der Waals surface area (Å²) in [6, 6.07) is 60.4. The van der Waals surface area contributed by atoms with Gasteiger partial charge in [-0.25, -0.2) is 0 Å². The summed E-state index contributed by atoms with van der Waals surface area (Å²) in [4.78, 5) is 0. The first kappa shape index (κ1) is 28.4. The molecule has 0 aliphatic rings. The first-order valence-corrected chi connectivity index (χ1v) is 18.1.